The van der Waals surface area contributed by atoms with Crippen LogP contribution in [-0.4, -0.2) is 0 Å². The molecule has 9 rings (SSSR count). The van der Waals surface area contributed by atoms with Crippen LogP contribution in [0, 0.1) is 0 Å². The molecule has 9 aromatic carbocycles. The van der Waals surface area contributed by atoms with Gasteiger partial charge in [-0.3, -0.25) is 0 Å². The summed E-state index contributed by atoms with van der Waals surface area (Å²) in [5.41, 5.74) is 15.3. The smallest absolute Gasteiger partial charge is 0.0468 e. The Kier molecular flexibility index (Phi) is 9.41. The highest BCUT2D eigenvalue weighted by molar-refractivity contribution is 6.05. The van der Waals surface area contributed by atoms with Crippen LogP contribution >= 0.6 is 0 Å². The van der Waals surface area contributed by atoms with E-state index in [1.54, 1.807) is 0 Å². The maximum Gasteiger partial charge on any atom is 0.0468 e. The van der Waals surface area contributed by atoms with Crippen molar-refractivity contribution in [3.05, 3.63) is 236 Å². The number of para-hydroxylation sites is 2. The number of hydrogen-bond acceptors (Lipinski definition) is 1. The summed E-state index contributed by atoms with van der Waals surface area (Å²) in [5, 5.41) is 2.39. The predicted molar refractivity (Wildman–Crippen MR) is 236 cm³/mol. The number of fused-ring (bicyclic) bond motifs is 1. The Morgan fingerprint density at radius 3 is 1.27 bits per heavy atom. The van der Waals surface area contributed by atoms with Gasteiger partial charge in [-0.2, -0.15) is 0 Å². The second-order valence-electron chi connectivity index (χ2n) is 13.7. The third-order valence-corrected chi connectivity index (χ3v) is 10.2. The van der Waals surface area contributed by atoms with Gasteiger partial charge in [0.25, 0.3) is 0 Å². The van der Waals surface area contributed by atoms with Crippen LogP contribution in [-0.2, 0) is 0 Å². The van der Waals surface area contributed by atoms with E-state index < -0.39 is 0 Å². The highest BCUT2D eigenvalue weighted by Gasteiger charge is 2.22. The molecular formula is C54H39N. The molecule has 1 heteroatoms. The first kappa shape index (κ1) is 33.6. The van der Waals surface area contributed by atoms with E-state index in [1.165, 1.54) is 60.8 Å². The number of anilines is 3. The molecule has 55 heavy (non-hydrogen) atoms. The van der Waals surface area contributed by atoms with Gasteiger partial charge in [0.15, 0.2) is 0 Å². The van der Waals surface area contributed by atoms with Crippen molar-refractivity contribution >= 4 is 40.0 Å². The molecule has 0 fully saturated rings. The van der Waals surface area contributed by atoms with Crippen molar-refractivity contribution in [3.63, 3.8) is 0 Å². The first-order chi connectivity index (χ1) is 27.3. The largest absolute Gasteiger partial charge is 0.310 e. The Bertz CT molecular complexity index is 2660. The summed E-state index contributed by atoms with van der Waals surface area (Å²) in [6, 6.07) is 80.4. The normalized spacial score (nSPS) is 11.2. The van der Waals surface area contributed by atoms with Gasteiger partial charge in [-0.1, -0.05) is 188 Å². The molecule has 0 amide bonds. The molecular weight excluding hydrogens is 663 g/mol. The number of nitrogens with zero attached hydrogens (tertiary/aromatic N) is 1. The monoisotopic (exact) mass is 701 g/mol. The minimum atomic E-state index is 1.13. The van der Waals surface area contributed by atoms with Crippen molar-refractivity contribution in [3.8, 4) is 44.5 Å². The van der Waals surface area contributed by atoms with E-state index in [-0.39, 0.29) is 0 Å². The van der Waals surface area contributed by atoms with Gasteiger partial charge < -0.3 is 4.90 Å². The molecule has 0 spiro atoms. The van der Waals surface area contributed by atoms with Crippen molar-refractivity contribution in [2.75, 3.05) is 4.90 Å². The Morgan fingerprint density at radius 2 is 0.727 bits per heavy atom. The van der Waals surface area contributed by atoms with Crippen molar-refractivity contribution < 1.29 is 0 Å². The van der Waals surface area contributed by atoms with E-state index in [2.05, 4.69) is 242 Å². The van der Waals surface area contributed by atoms with Gasteiger partial charge in [-0.15, -0.1) is 0 Å². The van der Waals surface area contributed by atoms with E-state index in [0.717, 1.165) is 22.6 Å². The quantitative estimate of drug-likeness (QED) is 0.135. The van der Waals surface area contributed by atoms with Crippen LogP contribution in [0.2, 0.25) is 0 Å². The summed E-state index contributed by atoms with van der Waals surface area (Å²) in [4.78, 5) is 2.31. The Labute approximate surface area is 323 Å². The Morgan fingerprint density at radius 1 is 0.291 bits per heavy atom. The minimum Gasteiger partial charge on any atom is -0.310 e. The third-order valence-electron chi connectivity index (χ3n) is 10.2. The zero-order valence-corrected chi connectivity index (χ0v) is 30.5. The van der Waals surface area contributed by atoms with Crippen molar-refractivity contribution in [1.82, 2.24) is 0 Å². The van der Waals surface area contributed by atoms with Crippen molar-refractivity contribution in [2.24, 2.45) is 0 Å². The molecule has 0 heterocycles. The van der Waals surface area contributed by atoms with E-state index in [0.29, 0.717) is 0 Å². The fourth-order valence-corrected chi connectivity index (χ4v) is 7.68. The topological polar surface area (TPSA) is 3.24 Å². The summed E-state index contributed by atoms with van der Waals surface area (Å²) >= 11 is 0. The zero-order chi connectivity index (χ0) is 36.8. The highest BCUT2D eigenvalue weighted by Crippen LogP contribution is 2.48. The summed E-state index contributed by atoms with van der Waals surface area (Å²) in [5.74, 6) is 0. The van der Waals surface area contributed by atoms with Crippen LogP contribution in [0.4, 0.5) is 17.1 Å². The molecule has 0 atom stereocenters. The van der Waals surface area contributed by atoms with Gasteiger partial charge in [0.2, 0.25) is 0 Å². The maximum absolute atomic E-state index is 2.39. The third kappa shape index (κ3) is 7.00. The van der Waals surface area contributed by atoms with Gasteiger partial charge in [-0.05, 0) is 115 Å². The standard InChI is InChI=1S/C54H39N/c1-7-19-41(20-8-1)51-39-47(52(42-21-9-2-10-22-42)54(44-25-13-4-14-26-44)53(51)43-23-11-3-12-24-43)34-32-40-31-33-46-38-50(36-35-45(46)37-40)55(48-27-15-5-16-28-48)49-29-17-6-18-30-49/h1-39H/b34-32+. The number of hydrogen-bond donors (Lipinski definition) is 0. The summed E-state index contributed by atoms with van der Waals surface area (Å²) < 4.78 is 0. The van der Waals surface area contributed by atoms with Crippen LogP contribution < -0.4 is 4.90 Å². The van der Waals surface area contributed by atoms with Crippen molar-refractivity contribution in [1.29, 1.82) is 0 Å². The van der Waals surface area contributed by atoms with E-state index in [4.69, 9.17) is 0 Å². The lowest BCUT2D eigenvalue weighted by Gasteiger charge is -2.25. The van der Waals surface area contributed by atoms with Gasteiger partial charge in [0.05, 0.1) is 0 Å². The molecule has 0 aliphatic heterocycles. The molecule has 0 saturated heterocycles. The second kappa shape index (κ2) is 15.4. The summed E-state index contributed by atoms with van der Waals surface area (Å²) in [6.07, 6.45) is 4.57. The molecule has 1 nitrogen and oxygen atoms in total. The van der Waals surface area contributed by atoms with E-state index in [9.17, 15) is 0 Å². The van der Waals surface area contributed by atoms with Crippen LogP contribution in [0.3, 0.4) is 0 Å². The maximum atomic E-state index is 2.39. The molecule has 0 aliphatic rings. The average Bonchev–Trinajstić information content (AvgIpc) is 3.27. The molecule has 9 aromatic rings. The lowest BCUT2D eigenvalue weighted by atomic mass is 9.80. The lowest BCUT2D eigenvalue weighted by Crippen LogP contribution is -2.09. The molecule has 0 N–H and O–H groups in total. The van der Waals surface area contributed by atoms with Gasteiger partial charge >= 0.3 is 0 Å². The SMILES string of the molecule is C(=C\c1cc(-c2ccccc2)c(-c2ccccc2)c(-c2ccccc2)c1-c1ccccc1)/c1ccc2cc(N(c3ccccc3)c3ccccc3)ccc2c1. The van der Waals surface area contributed by atoms with Crippen LogP contribution in [0.25, 0.3) is 67.4 Å². The summed E-state index contributed by atoms with van der Waals surface area (Å²) in [7, 11) is 0. The summed E-state index contributed by atoms with van der Waals surface area (Å²) in [6.45, 7) is 0. The first-order valence-electron chi connectivity index (χ1n) is 18.8. The second-order valence-corrected chi connectivity index (χ2v) is 13.7. The van der Waals surface area contributed by atoms with E-state index >= 15 is 0 Å². The highest BCUT2D eigenvalue weighted by atomic mass is 15.1. The molecule has 0 radical (unpaired) electrons. The van der Waals surface area contributed by atoms with Crippen LogP contribution in [0.1, 0.15) is 11.1 Å². The zero-order valence-electron chi connectivity index (χ0n) is 30.5. The average molecular weight is 702 g/mol. The molecule has 260 valence electrons. The molecule has 0 unspecified atom stereocenters. The fourth-order valence-electron chi connectivity index (χ4n) is 7.68. The number of rotatable bonds is 9. The first-order valence-corrected chi connectivity index (χ1v) is 18.8. The Balaban J connectivity index is 1.20. The predicted octanol–water partition coefficient (Wildman–Crippen LogP) is 15.1. The fraction of sp³-hybridized carbons (Fsp3) is 0. The van der Waals surface area contributed by atoms with Gasteiger partial charge in [-0.25, -0.2) is 0 Å². The Hall–Kier alpha value is -7.22. The van der Waals surface area contributed by atoms with Gasteiger partial charge in [0, 0.05) is 17.1 Å². The molecule has 0 bridgehead atoms. The van der Waals surface area contributed by atoms with Crippen molar-refractivity contribution in [2.45, 2.75) is 0 Å². The molecule has 0 aromatic heterocycles. The molecule has 0 saturated carbocycles. The van der Waals surface area contributed by atoms with Crippen LogP contribution in [0.15, 0.2) is 224 Å². The molecule has 0 aliphatic carbocycles. The lowest BCUT2D eigenvalue weighted by molar-refractivity contribution is 1.29. The van der Waals surface area contributed by atoms with E-state index in [1.807, 2.05) is 0 Å². The minimum absolute atomic E-state index is 1.13. The van der Waals surface area contributed by atoms with Crippen LogP contribution in [0.5, 0.6) is 0 Å². The van der Waals surface area contributed by atoms with Gasteiger partial charge in [0.1, 0.15) is 0 Å². The number of benzene rings is 9.